The van der Waals surface area contributed by atoms with Crippen LogP contribution in [0.25, 0.3) is 0 Å². The molecule has 8 heteroatoms. The second-order valence-corrected chi connectivity index (χ2v) is 9.49. The topological polar surface area (TPSA) is 75.7 Å². The van der Waals surface area contributed by atoms with Gasteiger partial charge in [-0.05, 0) is 63.1 Å². The molecule has 0 saturated carbocycles. The van der Waals surface area contributed by atoms with Crippen LogP contribution in [0.4, 0.5) is 5.69 Å². The van der Waals surface area contributed by atoms with Gasteiger partial charge in [0.15, 0.2) is 0 Å². The van der Waals surface area contributed by atoms with Crippen molar-refractivity contribution in [1.29, 1.82) is 0 Å². The maximum Gasteiger partial charge on any atom is 0.243 e. The van der Waals surface area contributed by atoms with E-state index in [0.29, 0.717) is 22.0 Å². The predicted octanol–water partition coefficient (Wildman–Crippen LogP) is 3.91. The fourth-order valence-electron chi connectivity index (χ4n) is 2.94. The van der Waals surface area contributed by atoms with E-state index >= 15 is 0 Å². The Morgan fingerprint density at radius 2 is 1.86 bits per heavy atom. The third kappa shape index (κ3) is 6.37. The lowest BCUT2D eigenvalue weighted by Gasteiger charge is -2.29. The molecule has 158 valence electrons. The summed E-state index contributed by atoms with van der Waals surface area (Å²) in [7, 11) is -3.71. The molecule has 0 saturated heterocycles. The van der Waals surface area contributed by atoms with Crippen molar-refractivity contribution in [2.24, 2.45) is 0 Å². The first-order valence-electron chi connectivity index (χ1n) is 9.28. The quantitative estimate of drug-likeness (QED) is 0.678. The molecule has 2 aromatic rings. The van der Waals surface area contributed by atoms with Gasteiger partial charge in [0.2, 0.25) is 15.9 Å². The summed E-state index contributed by atoms with van der Waals surface area (Å²) in [6.07, 6.45) is 1.12. The van der Waals surface area contributed by atoms with Crippen molar-refractivity contribution >= 4 is 33.2 Å². The SMILES string of the molecule is Cc1ccc(Cl)cc1N([C@H](C)C(=O)NCc1cccc(OC(C)C)c1)S(C)(=O)=O. The minimum atomic E-state index is -3.71. The molecule has 6 nitrogen and oxygen atoms in total. The monoisotopic (exact) mass is 438 g/mol. The average Bonchev–Trinajstić information content (AvgIpc) is 2.61. The Morgan fingerprint density at radius 1 is 1.17 bits per heavy atom. The Balaban J connectivity index is 2.19. The van der Waals surface area contributed by atoms with Gasteiger partial charge in [0.05, 0.1) is 18.0 Å². The second kappa shape index (κ2) is 9.50. The van der Waals surface area contributed by atoms with E-state index in [0.717, 1.165) is 16.1 Å². The van der Waals surface area contributed by atoms with Crippen molar-refractivity contribution in [3.63, 3.8) is 0 Å². The predicted molar refractivity (Wildman–Crippen MR) is 117 cm³/mol. The summed E-state index contributed by atoms with van der Waals surface area (Å²) in [5, 5.41) is 3.20. The molecule has 0 heterocycles. The molecule has 0 unspecified atom stereocenters. The lowest BCUT2D eigenvalue weighted by atomic mass is 10.1. The number of anilines is 1. The molecule has 0 fully saturated rings. The number of halogens is 1. The molecule has 1 amide bonds. The van der Waals surface area contributed by atoms with Crippen molar-refractivity contribution in [3.05, 3.63) is 58.6 Å². The number of rotatable bonds is 8. The first-order chi connectivity index (χ1) is 13.5. The van der Waals surface area contributed by atoms with Crippen LogP contribution in [0.3, 0.4) is 0 Å². The van der Waals surface area contributed by atoms with E-state index in [2.05, 4.69) is 5.32 Å². The van der Waals surface area contributed by atoms with Crippen LogP contribution in [0.5, 0.6) is 5.75 Å². The summed E-state index contributed by atoms with van der Waals surface area (Å²) >= 11 is 6.05. The van der Waals surface area contributed by atoms with Crippen LogP contribution in [-0.2, 0) is 21.4 Å². The van der Waals surface area contributed by atoms with E-state index in [-0.39, 0.29) is 12.6 Å². The normalized spacial score (nSPS) is 12.5. The first-order valence-corrected chi connectivity index (χ1v) is 11.5. The maximum atomic E-state index is 12.8. The molecule has 0 bridgehead atoms. The van der Waals surface area contributed by atoms with Crippen molar-refractivity contribution in [3.8, 4) is 5.75 Å². The standard InChI is InChI=1S/C21H27ClN2O4S/c1-14(2)28-19-8-6-7-17(11-19)13-23-21(25)16(4)24(29(5,26)27)20-12-18(22)10-9-15(20)3/h6-12,14,16H,13H2,1-5H3,(H,23,25)/t16-/m1/s1. The van der Waals surface area contributed by atoms with Crippen LogP contribution in [0.1, 0.15) is 31.9 Å². The number of ether oxygens (including phenoxy) is 1. The fourth-order valence-corrected chi connectivity index (χ4v) is 4.33. The molecule has 0 aliphatic rings. The van der Waals surface area contributed by atoms with Crippen LogP contribution in [0.2, 0.25) is 5.02 Å². The van der Waals surface area contributed by atoms with Crippen LogP contribution in [-0.4, -0.2) is 32.7 Å². The minimum absolute atomic E-state index is 0.0455. The highest BCUT2D eigenvalue weighted by Gasteiger charge is 2.30. The molecule has 29 heavy (non-hydrogen) atoms. The molecule has 0 aliphatic carbocycles. The summed E-state index contributed by atoms with van der Waals surface area (Å²) in [5.41, 5.74) is 1.95. The van der Waals surface area contributed by atoms with Gasteiger partial charge in [-0.2, -0.15) is 0 Å². The van der Waals surface area contributed by atoms with E-state index < -0.39 is 22.0 Å². The van der Waals surface area contributed by atoms with Gasteiger partial charge < -0.3 is 10.1 Å². The first kappa shape index (κ1) is 23.0. The third-order valence-corrected chi connectivity index (χ3v) is 5.70. The van der Waals surface area contributed by atoms with Gasteiger partial charge in [-0.1, -0.05) is 29.8 Å². The number of carbonyl (C=O) groups excluding carboxylic acids is 1. The van der Waals surface area contributed by atoms with Crippen molar-refractivity contribution in [2.45, 2.75) is 46.4 Å². The molecule has 1 N–H and O–H groups in total. The molecular formula is C21H27ClN2O4S. The van der Waals surface area contributed by atoms with Gasteiger partial charge in [-0.3, -0.25) is 9.10 Å². The van der Waals surface area contributed by atoms with E-state index in [1.807, 2.05) is 38.1 Å². The Morgan fingerprint density at radius 3 is 2.48 bits per heavy atom. The summed E-state index contributed by atoms with van der Waals surface area (Å²) in [6.45, 7) is 7.45. The maximum absolute atomic E-state index is 12.8. The zero-order valence-electron chi connectivity index (χ0n) is 17.3. The summed E-state index contributed by atoms with van der Waals surface area (Å²) in [5.74, 6) is 0.303. The Labute approximate surface area is 177 Å². The average molecular weight is 439 g/mol. The number of hydrogen-bond acceptors (Lipinski definition) is 4. The van der Waals surface area contributed by atoms with E-state index in [1.165, 1.54) is 0 Å². The third-order valence-electron chi connectivity index (χ3n) is 4.23. The molecular weight excluding hydrogens is 412 g/mol. The largest absolute Gasteiger partial charge is 0.491 e. The highest BCUT2D eigenvalue weighted by atomic mass is 35.5. The van der Waals surface area contributed by atoms with Crippen molar-refractivity contribution < 1.29 is 17.9 Å². The molecule has 0 radical (unpaired) electrons. The van der Waals surface area contributed by atoms with Gasteiger partial charge in [0.25, 0.3) is 0 Å². The Bertz CT molecular complexity index is 976. The number of benzene rings is 2. The van der Waals surface area contributed by atoms with Crippen molar-refractivity contribution in [2.75, 3.05) is 10.6 Å². The van der Waals surface area contributed by atoms with Crippen LogP contribution in [0.15, 0.2) is 42.5 Å². The molecule has 2 aromatic carbocycles. The zero-order chi connectivity index (χ0) is 21.8. The highest BCUT2D eigenvalue weighted by molar-refractivity contribution is 7.92. The van der Waals surface area contributed by atoms with Crippen LogP contribution < -0.4 is 14.4 Å². The minimum Gasteiger partial charge on any atom is -0.491 e. The second-order valence-electron chi connectivity index (χ2n) is 7.20. The lowest BCUT2D eigenvalue weighted by molar-refractivity contribution is -0.122. The van der Waals surface area contributed by atoms with E-state index in [9.17, 15) is 13.2 Å². The molecule has 0 aromatic heterocycles. The highest BCUT2D eigenvalue weighted by Crippen LogP contribution is 2.28. The fraction of sp³-hybridized carbons (Fsp3) is 0.381. The van der Waals surface area contributed by atoms with E-state index in [4.69, 9.17) is 16.3 Å². The zero-order valence-corrected chi connectivity index (χ0v) is 18.8. The summed E-state index contributed by atoms with van der Waals surface area (Å²) < 4.78 is 31.7. The number of sulfonamides is 1. The number of nitrogens with one attached hydrogen (secondary N) is 1. The molecule has 0 spiro atoms. The van der Waals surface area contributed by atoms with E-state index in [1.54, 1.807) is 32.0 Å². The summed E-state index contributed by atoms with van der Waals surface area (Å²) in [4.78, 5) is 12.8. The van der Waals surface area contributed by atoms with Gasteiger partial charge >= 0.3 is 0 Å². The molecule has 1 atom stereocenters. The lowest BCUT2D eigenvalue weighted by Crippen LogP contribution is -2.48. The van der Waals surface area contributed by atoms with Crippen LogP contribution in [0, 0.1) is 6.92 Å². The Hall–Kier alpha value is -2.25. The Kier molecular flexibility index (Phi) is 7.54. The number of aryl methyl sites for hydroxylation is 1. The molecule has 0 aliphatic heterocycles. The van der Waals surface area contributed by atoms with Gasteiger partial charge in [0, 0.05) is 11.6 Å². The van der Waals surface area contributed by atoms with Gasteiger partial charge in [0.1, 0.15) is 11.8 Å². The molecule has 2 rings (SSSR count). The van der Waals surface area contributed by atoms with Gasteiger partial charge in [-0.15, -0.1) is 0 Å². The smallest absolute Gasteiger partial charge is 0.243 e. The van der Waals surface area contributed by atoms with Gasteiger partial charge in [-0.25, -0.2) is 8.42 Å². The number of carbonyl (C=O) groups is 1. The van der Waals surface area contributed by atoms with Crippen LogP contribution >= 0.6 is 11.6 Å². The summed E-state index contributed by atoms with van der Waals surface area (Å²) in [6, 6.07) is 11.4. The van der Waals surface area contributed by atoms with Crippen molar-refractivity contribution in [1.82, 2.24) is 5.32 Å². The number of amides is 1. The number of nitrogens with zero attached hydrogens (tertiary/aromatic N) is 1. The number of hydrogen-bond donors (Lipinski definition) is 1.